The van der Waals surface area contributed by atoms with Gasteiger partial charge in [-0.2, -0.15) is 0 Å². The third-order valence-corrected chi connectivity index (χ3v) is 2.49. The first-order valence-electron chi connectivity index (χ1n) is 4.90. The SMILES string of the molecule is CCN1CCNC(CCC(=O)O)C1. The van der Waals surface area contributed by atoms with E-state index in [2.05, 4.69) is 17.1 Å². The van der Waals surface area contributed by atoms with E-state index in [1.807, 2.05) is 0 Å². The van der Waals surface area contributed by atoms with E-state index in [0.29, 0.717) is 6.04 Å². The maximum Gasteiger partial charge on any atom is 0.303 e. The van der Waals surface area contributed by atoms with Crippen molar-refractivity contribution in [2.45, 2.75) is 25.8 Å². The average molecular weight is 186 g/mol. The standard InChI is InChI=1S/C9H18N2O2/c1-2-11-6-5-10-8(7-11)3-4-9(12)13/h8,10H,2-7H2,1H3,(H,12,13). The maximum atomic E-state index is 10.4. The summed E-state index contributed by atoms with van der Waals surface area (Å²) in [5.74, 6) is -0.699. The van der Waals surface area contributed by atoms with Crippen LogP contribution in [0.4, 0.5) is 0 Å². The van der Waals surface area contributed by atoms with E-state index in [1.165, 1.54) is 0 Å². The molecule has 0 aromatic heterocycles. The van der Waals surface area contributed by atoms with E-state index in [1.54, 1.807) is 0 Å². The lowest BCUT2D eigenvalue weighted by atomic mass is 10.1. The van der Waals surface area contributed by atoms with Crippen LogP contribution in [-0.2, 0) is 4.79 Å². The van der Waals surface area contributed by atoms with E-state index in [0.717, 1.165) is 32.6 Å². The van der Waals surface area contributed by atoms with Crippen molar-refractivity contribution in [2.24, 2.45) is 0 Å². The molecule has 0 aliphatic carbocycles. The minimum Gasteiger partial charge on any atom is -0.481 e. The van der Waals surface area contributed by atoms with Crippen molar-refractivity contribution in [2.75, 3.05) is 26.2 Å². The van der Waals surface area contributed by atoms with Gasteiger partial charge in [-0.1, -0.05) is 6.92 Å². The fourth-order valence-electron chi connectivity index (χ4n) is 1.67. The molecule has 0 bridgehead atoms. The summed E-state index contributed by atoms with van der Waals surface area (Å²) in [4.78, 5) is 12.7. The fraction of sp³-hybridized carbons (Fsp3) is 0.889. The number of likely N-dealkylation sites (N-methyl/N-ethyl adjacent to an activating group) is 1. The minimum absolute atomic E-state index is 0.273. The van der Waals surface area contributed by atoms with Gasteiger partial charge in [0.05, 0.1) is 0 Å². The molecular weight excluding hydrogens is 168 g/mol. The molecule has 1 aliphatic heterocycles. The topological polar surface area (TPSA) is 52.6 Å². The Morgan fingerprint density at radius 3 is 3.08 bits per heavy atom. The van der Waals surface area contributed by atoms with Crippen LogP contribution in [0.25, 0.3) is 0 Å². The third-order valence-electron chi connectivity index (χ3n) is 2.49. The van der Waals surface area contributed by atoms with Gasteiger partial charge in [0.1, 0.15) is 0 Å². The molecule has 1 unspecified atom stereocenters. The molecule has 0 aromatic carbocycles. The summed E-state index contributed by atoms with van der Waals surface area (Å²) < 4.78 is 0. The zero-order chi connectivity index (χ0) is 9.68. The normalized spacial score (nSPS) is 24.5. The van der Waals surface area contributed by atoms with Gasteiger partial charge in [-0.05, 0) is 13.0 Å². The maximum absolute atomic E-state index is 10.4. The molecule has 76 valence electrons. The molecule has 1 atom stereocenters. The number of nitrogens with zero attached hydrogens (tertiary/aromatic N) is 1. The summed E-state index contributed by atoms with van der Waals surface area (Å²) in [5.41, 5.74) is 0. The summed E-state index contributed by atoms with van der Waals surface area (Å²) in [6, 6.07) is 0.366. The van der Waals surface area contributed by atoms with Gasteiger partial charge in [-0.15, -0.1) is 0 Å². The van der Waals surface area contributed by atoms with Crippen LogP contribution in [0.15, 0.2) is 0 Å². The van der Waals surface area contributed by atoms with Gasteiger partial charge in [0.2, 0.25) is 0 Å². The lowest BCUT2D eigenvalue weighted by Gasteiger charge is -2.32. The van der Waals surface area contributed by atoms with Gasteiger partial charge >= 0.3 is 5.97 Å². The molecule has 0 radical (unpaired) electrons. The Morgan fingerprint density at radius 1 is 1.69 bits per heavy atom. The Labute approximate surface area is 78.9 Å². The molecule has 0 saturated carbocycles. The summed E-state index contributed by atoms with van der Waals surface area (Å²) in [5, 5.41) is 11.9. The highest BCUT2D eigenvalue weighted by Crippen LogP contribution is 2.04. The molecule has 2 N–H and O–H groups in total. The van der Waals surface area contributed by atoms with Crippen molar-refractivity contribution in [3.8, 4) is 0 Å². The van der Waals surface area contributed by atoms with Gasteiger partial charge in [0, 0.05) is 32.1 Å². The van der Waals surface area contributed by atoms with Crippen LogP contribution in [0, 0.1) is 0 Å². The van der Waals surface area contributed by atoms with Crippen LogP contribution in [-0.4, -0.2) is 48.2 Å². The molecule has 1 saturated heterocycles. The molecule has 0 spiro atoms. The second-order valence-corrected chi connectivity index (χ2v) is 3.48. The van der Waals surface area contributed by atoms with Crippen LogP contribution in [0.5, 0.6) is 0 Å². The molecule has 1 fully saturated rings. The number of piperazine rings is 1. The molecule has 4 nitrogen and oxygen atoms in total. The number of hydrogen-bond donors (Lipinski definition) is 2. The van der Waals surface area contributed by atoms with E-state index in [4.69, 9.17) is 5.11 Å². The number of carboxylic acids is 1. The minimum atomic E-state index is -0.699. The molecule has 0 amide bonds. The molecule has 4 heteroatoms. The van der Waals surface area contributed by atoms with Crippen molar-refractivity contribution >= 4 is 5.97 Å². The molecular formula is C9H18N2O2. The van der Waals surface area contributed by atoms with Crippen LogP contribution >= 0.6 is 0 Å². The zero-order valence-electron chi connectivity index (χ0n) is 8.12. The zero-order valence-corrected chi connectivity index (χ0v) is 8.12. The highest BCUT2D eigenvalue weighted by Gasteiger charge is 2.18. The third kappa shape index (κ3) is 3.74. The number of nitrogens with one attached hydrogen (secondary N) is 1. The number of carboxylic acid groups (broad SMARTS) is 1. The van der Waals surface area contributed by atoms with Crippen molar-refractivity contribution in [3.05, 3.63) is 0 Å². The van der Waals surface area contributed by atoms with Crippen molar-refractivity contribution in [1.29, 1.82) is 0 Å². The van der Waals surface area contributed by atoms with E-state index in [9.17, 15) is 4.79 Å². The first-order valence-corrected chi connectivity index (χ1v) is 4.90. The Morgan fingerprint density at radius 2 is 2.46 bits per heavy atom. The van der Waals surface area contributed by atoms with Crippen LogP contribution in [0.3, 0.4) is 0 Å². The molecule has 13 heavy (non-hydrogen) atoms. The largest absolute Gasteiger partial charge is 0.481 e. The summed E-state index contributed by atoms with van der Waals surface area (Å²) >= 11 is 0. The number of aliphatic carboxylic acids is 1. The van der Waals surface area contributed by atoms with Crippen LogP contribution < -0.4 is 5.32 Å². The lowest BCUT2D eigenvalue weighted by molar-refractivity contribution is -0.137. The Balaban J connectivity index is 2.21. The van der Waals surface area contributed by atoms with Gasteiger partial charge in [-0.3, -0.25) is 4.79 Å². The number of carbonyl (C=O) groups is 1. The lowest BCUT2D eigenvalue weighted by Crippen LogP contribution is -2.50. The highest BCUT2D eigenvalue weighted by atomic mass is 16.4. The summed E-state index contributed by atoms with van der Waals surface area (Å²) in [7, 11) is 0. The van der Waals surface area contributed by atoms with E-state index < -0.39 is 5.97 Å². The summed E-state index contributed by atoms with van der Waals surface area (Å²) in [6.07, 6.45) is 1.01. The van der Waals surface area contributed by atoms with E-state index in [-0.39, 0.29) is 6.42 Å². The van der Waals surface area contributed by atoms with E-state index >= 15 is 0 Å². The van der Waals surface area contributed by atoms with Gasteiger partial charge < -0.3 is 15.3 Å². The van der Waals surface area contributed by atoms with Crippen molar-refractivity contribution in [3.63, 3.8) is 0 Å². The highest BCUT2D eigenvalue weighted by molar-refractivity contribution is 5.66. The first kappa shape index (κ1) is 10.5. The predicted molar refractivity (Wildman–Crippen MR) is 50.8 cm³/mol. The smallest absolute Gasteiger partial charge is 0.303 e. The monoisotopic (exact) mass is 186 g/mol. The first-order chi connectivity index (χ1) is 6.22. The molecule has 1 rings (SSSR count). The van der Waals surface area contributed by atoms with Gasteiger partial charge in [0.15, 0.2) is 0 Å². The second-order valence-electron chi connectivity index (χ2n) is 3.48. The Kier molecular flexibility index (Phi) is 4.18. The quantitative estimate of drug-likeness (QED) is 0.656. The molecule has 0 aromatic rings. The van der Waals surface area contributed by atoms with Crippen molar-refractivity contribution < 1.29 is 9.90 Å². The summed E-state index contributed by atoms with van der Waals surface area (Å²) in [6.45, 7) is 6.26. The Bertz CT molecular complexity index is 173. The van der Waals surface area contributed by atoms with Crippen molar-refractivity contribution in [1.82, 2.24) is 10.2 Å². The van der Waals surface area contributed by atoms with Crippen LogP contribution in [0.2, 0.25) is 0 Å². The van der Waals surface area contributed by atoms with Gasteiger partial charge in [0.25, 0.3) is 0 Å². The average Bonchev–Trinajstić information content (AvgIpc) is 2.15. The molecule has 1 aliphatic rings. The Hall–Kier alpha value is -0.610. The predicted octanol–water partition coefficient (Wildman–Crippen LogP) is 0.145. The van der Waals surface area contributed by atoms with Crippen LogP contribution in [0.1, 0.15) is 19.8 Å². The second kappa shape index (κ2) is 5.19. The number of rotatable bonds is 4. The molecule has 1 heterocycles. The van der Waals surface area contributed by atoms with Gasteiger partial charge in [-0.25, -0.2) is 0 Å². The number of hydrogen-bond acceptors (Lipinski definition) is 3. The fourth-order valence-corrected chi connectivity index (χ4v) is 1.67.